The molecule has 0 atom stereocenters. The second kappa shape index (κ2) is 7.41. The number of carbonyl (C=O) groups excluding carboxylic acids is 1. The van der Waals surface area contributed by atoms with Gasteiger partial charge in [0.15, 0.2) is 0 Å². The van der Waals surface area contributed by atoms with Crippen molar-refractivity contribution >= 4 is 17.5 Å². The average molecular weight is 347 g/mol. The minimum absolute atomic E-state index is 0.0812. The molecule has 0 saturated carbocycles. The lowest BCUT2D eigenvalue weighted by atomic mass is 10.2. The van der Waals surface area contributed by atoms with Gasteiger partial charge in [-0.15, -0.1) is 0 Å². The lowest BCUT2D eigenvalue weighted by Gasteiger charge is -2.22. The second-order valence-electron chi connectivity index (χ2n) is 6.38. The first-order valence-corrected chi connectivity index (χ1v) is 8.74. The summed E-state index contributed by atoms with van der Waals surface area (Å²) in [5, 5.41) is 0.761. The third kappa shape index (κ3) is 4.00. The molecule has 4 nitrogen and oxygen atoms in total. The van der Waals surface area contributed by atoms with Gasteiger partial charge in [-0.2, -0.15) is 0 Å². The van der Waals surface area contributed by atoms with Crippen molar-refractivity contribution in [2.45, 2.75) is 26.8 Å². The third-order valence-corrected chi connectivity index (χ3v) is 4.72. The summed E-state index contributed by atoms with van der Waals surface area (Å²) in [7, 11) is 0. The lowest BCUT2D eigenvalue weighted by Crippen LogP contribution is -2.35. The van der Waals surface area contributed by atoms with E-state index in [1.54, 1.807) is 0 Å². The van der Waals surface area contributed by atoms with E-state index in [4.69, 9.17) is 16.0 Å². The Kier molecular flexibility index (Phi) is 5.27. The van der Waals surface area contributed by atoms with Gasteiger partial charge in [-0.25, -0.2) is 0 Å². The van der Waals surface area contributed by atoms with Gasteiger partial charge in [-0.3, -0.25) is 9.69 Å². The summed E-state index contributed by atoms with van der Waals surface area (Å²) in [5.74, 6) is 1.58. The van der Waals surface area contributed by atoms with E-state index in [2.05, 4.69) is 17.0 Å². The number of amides is 1. The standard InChI is InChI=1S/C19H23ClN2O2/c1-14-12-18(15(2)24-14)19(23)22-9-3-8-21(10-11-22)13-16-4-6-17(20)7-5-16/h4-7,12H,3,8-11,13H2,1-2H3. The molecule has 1 aromatic carbocycles. The Labute approximate surface area is 148 Å². The Balaban J connectivity index is 1.61. The van der Waals surface area contributed by atoms with Crippen molar-refractivity contribution < 1.29 is 9.21 Å². The van der Waals surface area contributed by atoms with E-state index in [-0.39, 0.29) is 5.91 Å². The van der Waals surface area contributed by atoms with Crippen LogP contribution in [-0.4, -0.2) is 41.9 Å². The minimum Gasteiger partial charge on any atom is -0.466 e. The topological polar surface area (TPSA) is 36.7 Å². The van der Waals surface area contributed by atoms with Crippen molar-refractivity contribution in [3.63, 3.8) is 0 Å². The fraction of sp³-hybridized carbons (Fsp3) is 0.421. The van der Waals surface area contributed by atoms with Crippen LogP contribution in [0.3, 0.4) is 0 Å². The molecule has 0 unspecified atom stereocenters. The highest BCUT2D eigenvalue weighted by atomic mass is 35.5. The van der Waals surface area contributed by atoms with Crippen LogP contribution in [0.4, 0.5) is 0 Å². The smallest absolute Gasteiger partial charge is 0.257 e. The molecule has 1 fully saturated rings. The van der Waals surface area contributed by atoms with Crippen LogP contribution in [-0.2, 0) is 6.54 Å². The molecule has 3 rings (SSSR count). The predicted molar refractivity (Wildman–Crippen MR) is 95.4 cm³/mol. The van der Waals surface area contributed by atoms with Crippen molar-refractivity contribution in [2.75, 3.05) is 26.2 Å². The number of furan rings is 1. The maximum Gasteiger partial charge on any atom is 0.257 e. The molecule has 0 aliphatic carbocycles. The first kappa shape index (κ1) is 17.1. The maximum atomic E-state index is 12.7. The Morgan fingerprint density at radius 2 is 1.88 bits per heavy atom. The fourth-order valence-electron chi connectivity index (χ4n) is 3.19. The molecule has 5 heteroatoms. The van der Waals surface area contributed by atoms with Gasteiger partial charge in [-0.1, -0.05) is 23.7 Å². The minimum atomic E-state index is 0.0812. The van der Waals surface area contributed by atoms with Gasteiger partial charge < -0.3 is 9.32 Å². The number of nitrogens with zero attached hydrogens (tertiary/aromatic N) is 2. The molecule has 0 spiro atoms. The van der Waals surface area contributed by atoms with Crippen LogP contribution >= 0.6 is 11.6 Å². The lowest BCUT2D eigenvalue weighted by molar-refractivity contribution is 0.0759. The average Bonchev–Trinajstić information content (AvgIpc) is 2.75. The molecule has 1 aromatic heterocycles. The molecule has 24 heavy (non-hydrogen) atoms. The summed E-state index contributed by atoms with van der Waals surface area (Å²) >= 11 is 5.94. The fourth-order valence-corrected chi connectivity index (χ4v) is 3.32. The molecule has 1 saturated heterocycles. The highest BCUT2D eigenvalue weighted by molar-refractivity contribution is 6.30. The van der Waals surface area contributed by atoms with Gasteiger partial charge in [0, 0.05) is 37.7 Å². The number of hydrogen-bond acceptors (Lipinski definition) is 3. The van der Waals surface area contributed by atoms with Crippen molar-refractivity contribution in [3.05, 3.63) is 58.0 Å². The Morgan fingerprint density at radius 1 is 1.12 bits per heavy atom. The summed E-state index contributed by atoms with van der Waals surface area (Å²) in [5.41, 5.74) is 1.94. The van der Waals surface area contributed by atoms with E-state index >= 15 is 0 Å². The molecule has 0 N–H and O–H groups in total. The summed E-state index contributed by atoms with van der Waals surface area (Å²) in [6.07, 6.45) is 0.981. The summed E-state index contributed by atoms with van der Waals surface area (Å²) in [6, 6.07) is 9.82. The molecular weight excluding hydrogens is 324 g/mol. The van der Waals surface area contributed by atoms with E-state index < -0.39 is 0 Å². The van der Waals surface area contributed by atoms with Crippen LogP contribution in [0.5, 0.6) is 0 Å². The van der Waals surface area contributed by atoms with Gasteiger partial charge in [0.1, 0.15) is 11.5 Å². The van der Waals surface area contributed by atoms with Crippen molar-refractivity contribution in [3.8, 4) is 0 Å². The van der Waals surface area contributed by atoms with Gasteiger partial charge >= 0.3 is 0 Å². The zero-order valence-corrected chi connectivity index (χ0v) is 15.0. The normalized spacial score (nSPS) is 16.2. The van der Waals surface area contributed by atoms with Crippen molar-refractivity contribution in [1.29, 1.82) is 0 Å². The van der Waals surface area contributed by atoms with Crippen LogP contribution in [0.2, 0.25) is 5.02 Å². The monoisotopic (exact) mass is 346 g/mol. The molecule has 2 aromatic rings. The first-order valence-electron chi connectivity index (χ1n) is 8.36. The van der Waals surface area contributed by atoms with Crippen LogP contribution < -0.4 is 0 Å². The molecular formula is C19H23ClN2O2. The van der Waals surface area contributed by atoms with Gasteiger partial charge in [0.2, 0.25) is 0 Å². The number of aryl methyl sites for hydroxylation is 2. The van der Waals surface area contributed by atoms with E-state index in [1.165, 1.54) is 5.56 Å². The van der Waals surface area contributed by atoms with E-state index in [0.717, 1.165) is 49.9 Å². The van der Waals surface area contributed by atoms with E-state index in [0.29, 0.717) is 11.3 Å². The number of benzene rings is 1. The number of rotatable bonds is 3. The van der Waals surface area contributed by atoms with Crippen LogP contribution in [0.25, 0.3) is 0 Å². The first-order chi connectivity index (χ1) is 11.5. The van der Waals surface area contributed by atoms with Crippen molar-refractivity contribution in [2.24, 2.45) is 0 Å². The van der Waals surface area contributed by atoms with Gasteiger partial charge in [0.05, 0.1) is 5.56 Å². The highest BCUT2D eigenvalue weighted by Gasteiger charge is 2.23. The molecule has 0 radical (unpaired) electrons. The number of halogens is 1. The Morgan fingerprint density at radius 3 is 2.54 bits per heavy atom. The summed E-state index contributed by atoms with van der Waals surface area (Å²) in [4.78, 5) is 17.1. The third-order valence-electron chi connectivity index (χ3n) is 4.47. The van der Waals surface area contributed by atoms with Crippen LogP contribution in [0.15, 0.2) is 34.7 Å². The molecule has 1 aliphatic rings. The summed E-state index contributed by atoms with van der Waals surface area (Å²) in [6.45, 7) is 8.03. The molecule has 0 bridgehead atoms. The molecule has 128 valence electrons. The van der Waals surface area contributed by atoms with Crippen LogP contribution in [0.1, 0.15) is 33.9 Å². The second-order valence-corrected chi connectivity index (χ2v) is 6.81. The number of hydrogen-bond donors (Lipinski definition) is 0. The van der Waals surface area contributed by atoms with Crippen molar-refractivity contribution in [1.82, 2.24) is 9.80 Å². The quantitative estimate of drug-likeness (QED) is 0.845. The number of carbonyl (C=O) groups is 1. The van der Waals surface area contributed by atoms with E-state index in [9.17, 15) is 4.79 Å². The zero-order valence-electron chi connectivity index (χ0n) is 14.2. The Hall–Kier alpha value is -1.78. The van der Waals surface area contributed by atoms with Gasteiger partial charge in [-0.05, 0) is 44.0 Å². The largest absolute Gasteiger partial charge is 0.466 e. The van der Waals surface area contributed by atoms with Crippen LogP contribution in [0, 0.1) is 13.8 Å². The van der Waals surface area contributed by atoms with E-state index in [1.807, 2.05) is 36.9 Å². The Bertz CT molecular complexity index is 709. The van der Waals surface area contributed by atoms with Gasteiger partial charge in [0.25, 0.3) is 5.91 Å². The maximum absolute atomic E-state index is 12.7. The molecule has 1 aliphatic heterocycles. The molecule has 2 heterocycles. The summed E-state index contributed by atoms with van der Waals surface area (Å²) < 4.78 is 5.50. The molecule has 1 amide bonds. The predicted octanol–water partition coefficient (Wildman–Crippen LogP) is 3.90. The zero-order chi connectivity index (χ0) is 17.1. The highest BCUT2D eigenvalue weighted by Crippen LogP contribution is 2.18. The SMILES string of the molecule is Cc1cc(C(=O)N2CCCN(Cc3ccc(Cl)cc3)CC2)c(C)o1.